The van der Waals surface area contributed by atoms with E-state index in [1.165, 1.54) is 11.6 Å². The molecular formula is C9H14N4O2. The van der Waals surface area contributed by atoms with E-state index in [1.807, 2.05) is 6.92 Å². The number of hydrogen-bond acceptors (Lipinski definition) is 4. The largest absolute Gasteiger partial charge is 0.383 e. The fourth-order valence-electron chi connectivity index (χ4n) is 1.37. The number of rotatable bonds is 2. The molecule has 82 valence electrons. The van der Waals surface area contributed by atoms with E-state index in [0.717, 1.165) is 12.8 Å². The van der Waals surface area contributed by atoms with Crippen LogP contribution in [0.4, 0.5) is 11.5 Å². The van der Waals surface area contributed by atoms with Crippen LogP contribution in [0.3, 0.4) is 0 Å². The number of nitrogen functional groups attached to an aromatic ring is 1. The highest BCUT2D eigenvalue weighted by Gasteiger charge is 2.38. The van der Waals surface area contributed by atoms with Gasteiger partial charge in [0, 0.05) is 12.6 Å². The predicted molar refractivity (Wildman–Crippen MR) is 58.0 cm³/mol. The van der Waals surface area contributed by atoms with Gasteiger partial charge in [0.05, 0.1) is 0 Å². The van der Waals surface area contributed by atoms with E-state index >= 15 is 0 Å². The van der Waals surface area contributed by atoms with Crippen molar-refractivity contribution >= 4 is 11.5 Å². The fraction of sp³-hybridized carbons (Fsp3) is 0.556. The average Bonchev–Trinajstić information content (AvgIpc) is 2.89. The Morgan fingerprint density at radius 1 is 1.47 bits per heavy atom. The van der Waals surface area contributed by atoms with Gasteiger partial charge in [0.1, 0.15) is 11.5 Å². The Hall–Kier alpha value is -1.72. The molecule has 1 heterocycles. The van der Waals surface area contributed by atoms with Crippen LogP contribution in [0.15, 0.2) is 9.59 Å². The van der Waals surface area contributed by atoms with Gasteiger partial charge < -0.3 is 11.1 Å². The zero-order valence-electron chi connectivity index (χ0n) is 8.76. The second kappa shape index (κ2) is 2.88. The first-order valence-corrected chi connectivity index (χ1v) is 4.80. The van der Waals surface area contributed by atoms with Crippen molar-refractivity contribution in [3.05, 3.63) is 20.8 Å². The molecule has 1 fully saturated rings. The molecule has 1 aromatic heterocycles. The monoisotopic (exact) mass is 210 g/mol. The average molecular weight is 210 g/mol. The van der Waals surface area contributed by atoms with Crippen LogP contribution in [0.1, 0.15) is 19.8 Å². The van der Waals surface area contributed by atoms with Gasteiger partial charge in [0.25, 0.3) is 5.56 Å². The molecular weight excluding hydrogens is 196 g/mol. The number of H-pyrrole nitrogens is 1. The Kier molecular flexibility index (Phi) is 1.89. The summed E-state index contributed by atoms with van der Waals surface area (Å²) in [4.78, 5) is 24.9. The smallest absolute Gasteiger partial charge is 0.329 e. The lowest BCUT2D eigenvalue weighted by atomic mass is 10.3. The van der Waals surface area contributed by atoms with Crippen molar-refractivity contribution in [2.75, 3.05) is 11.1 Å². The van der Waals surface area contributed by atoms with E-state index in [4.69, 9.17) is 5.73 Å². The molecule has 1 aliphatic rings. The molecule has 0 spiro atoms. The van der Waals surface area contributed by atoms with E-state index in [2.05, 4.69) is 10.3 Å². The van der Waals surface area contributed by atoms with Crippen LogP contribution in [-0.4, -0.2) is 15.1 Å². The summed E-state index contributed by atoms with van der Waals surface area (Å²) in [7, 11) is 1.52. The maximum atomic E-state index is 11.5. The summed E-state index contributed by atoms with van der Waals surface area (Å²) in [6.07, 6.45) is 2.02. The molecule has 0 amide bonds. The SMILES string of the molecule is Cn1c(N)c(NC2(C)CC2)c(=O)[nH]c1=O. The van der Waals surface area contributed by atoms with Crippen molar-refractivity contribution in [1.29, 1.82) is 0 Å². The lowest BCUT2D eigenvalue weighted by Gasteiger charge is -2.15. The summed E-state index contributed by atoms with van der Waals surface area (Å²) in [6, 6.07) is 0. The van der Waals surface area contributed by atoms with E-state index in [-0.39, 0.29) is 17.0 Å². The number of nitrogens with one attached hydrogen (secondary N) is 2. The Morgan fingerprint density at radius 3 is 2.60 bits per heavy atom. The van der Waals surface area contributed by atoms with Gasteiger partial charge in [-0.25, -0.2) is 4.79 Å². The minimum Gasteiger partial charge on any atom is -0.383 e. The quantitative estimate of drug-likeness (QED) is 0.620. The Morgan fingerprint density at radius 2 is 2.07 bits per heavy atom. The molecule has 6 nitrogen and oxygen atoms in total. The second-order valence-corrected chi connectivity index (χ2v) is 4.26. The predicted octanol–water partition coefficient (Wildman–Crippen LogP) is -0.380. The van der Waals surface area contributed by atoms with Crippen LogP contribution in [0, 0.1) is 0 Å². The van der Waals surface area contributed by atoms with Crippen molar-refractivity contribution < 1.29 is 0 Å². The van der Waals surface area contributed by atoms with Gasteiger partial charge in [0.15, 0.2) is 0 Å². The molecule has 4 N–H and O–H groups in total. The minimum atomic E-state index is -0.496. The Balaban J connectivity index is 2.51. The molecule has 0 bridgehead atoms. The first kappa shape index (κ1) is 9.82. The van der Waals surface area contributed by atoms with Crippen molar-refractivity contribution in [2.45, 2.75) is 25.3 Å². The van der Waals surface area contributed by atoms with Crippen molar-refractivity contribution in [1.82, 2.24) is 9.55 Å². The van der Waals surface area contributed by atoms with Crippen LogP contribution >= 0.6 is 0 Å². The van der Waals surface area contributed by atoms with Gasteiger partial charge in [-0.1, -0.05) is 0 Å². The molecule has 0 radical (unpaired) electrons. The number of aromatic amines is 1. The third kappa shape index (κ3) is 1.62. The normalized spacial score (nSPS) is 17.5. The molecule has 2 rings (SSSR count). The van der Waals surface area contributed by atoms with Crippen LogP contribution in [0.2, 0.25) is 0 Å². The summed E-state index contributed by atoms with van der Waals surface area (Å²) in [5.41, 5.74) is 4.99. The summed E-state index contributed by atoms with van der Waals surface area (Å²) >= 11 is 0. The van der Waals surface area contributed by atoms with E-state index in [9.17, 15) is 9.59 Å². The molecule has 0 aromatic carbocycles. The summed E-state index contributed by atoms with van der Waals surface area (Å²) in [5.74, 6) is 0.178. The summed E-state index contributed by atoms with van der Waals surface area (Å²) < 4.78 is 1.22. The first-order valence-electron chi connectivity index (χ1n) is 4.80. The van der Waals surface area contributed by atoms with Crippen LogP contribution in [0.5, 0.6) is 0 Å². The maximum Gasteiger partial charge on any atom is 0.329 e. The lowest BCUT2D eigenvalue weighted by Crippen LogP contribution is -2.34. The summed E-state index contributed by atoms with van der Waals surface area (Å²) in [6.45, 7) is 2.01. The van der Waals surface area contributed by atoms with Gasteiger partial charge in [-0.2, -0.15) is 0 Å². The second-order valence-electron chi connectivity index (χ2n) is 4.26. The Bertz CT molecular complexity index is 510. The molecule has 0 saturated heterocycles. The van der Waals surface area contributed by atoms with Crippen LogP contribution in [-0.2, 0) is 7.05 Å². The highest BCUT2D eigenvalue weighted by Crippen LogP contribution is 2.38. The molecule has 15 heavy (non-hydrogen) atoms. The zero-order chi connectivity index (χ0) is 11.2. The topological polar surface area (TPSA) is 92.9 Å². The van der Waals surface area contributed by atoms with Gasteiger partial charge in [-0.15, -0.1) is 0 Å². The third-order valence-corrected chi connectivity index (χ3v) is 2.80. The van der Waals surface area contributed by atoms with E-state index in [0.29, 0.717) is 0 Å². The van der Waals surface area contributed by atoms with E-state index < -0.39 is 11.2 Å². The van der Waals surface area contributed by atoms with Gasteiger partial charge in [-0.05, 0) is 19.8 Å². The highest BCUT2D eigenvalue weighted by molar-refractivity contribution is 5.62. The van der Waals surface area contributed by atoms with Gasteiger partial charge >= 0.3 is 5.69 Å². The van der Waals surface area contributed by atoms with Crippen LogP contribution < -0.4 is 22.3 Å². The number of anilines is 2. The van der Waals surface area contributed by atoms with Crippen molar-refractivity contribution in [2.24, 2.45) is 7.05 Å². The van der Waals surface area contributed by atoms with Crippen LogP contribution in [0.25, 0.3) is 0 Å². The zero-order valence-corrected chi connectivity index (χ0v) is 8.76. The molecule has 0 atom stereocenters. The maximum absolute atomic E-state index is 11.5. The van der Waals surface area contributed by atoms with Gasteiger partial charge in [-0.3, -0.25) is 14.3 Å². The molecule has 1 aliphatic carbocycles. The minimum absolute atomic E-state index is 0.0431. The number of nitrogens with zero attached hydrogens (tertiary/aromatic N) is 1. The number of hydrogen-bond donors (Lipinski definition) is 3. The molecule has 0 unspecified atom stereocenters. The first-order chi connectivity index (χ1) is 6.93. The highest BCUT2D eigenvalue weighted by atomic mass is 16.2. The van der Waals surface area contributed by atoms with Crippen molar-refractivity contribution in [3.8, 4) is 0 Å². The van der Waals surface area contributed by atoms with Crippen molar-refractivity contribution in [3.63, 3.8) is 0 Å². The lowest BCUT2D eigenvalue weighted by molar-refractivity contribution is 0.786. The number of nitrogens with two attached hydrogens (primary N) is 1. The molecule has 1 aromatic rings. The standard InChI is InChI=1S/C9H14N4O2/c1-9(3-4-9)12-5-6(10)13(2)8(15)11-7(5)14/h12H,3-4,10H2,1-2H3,(H,11,14,15). The molecule has 1 saturated carbocycles. The van der Waals surface area contributed by atoms with E-state index in [1.54, 1.807) is 0 Å². The van der Waals surface area contributed by atoms with Gasteiger partial charge in [0.2, 0.25) is 0 Å². The fourth-order valence-corrected chi connectivity index (χ4v) is 1.37. The molecule has 6 heteroatoms. The molecule has 0 aliphatic heterocycles. The summed E-state index contributed by atoms with van der Waals surface area (Å²) in [5, 5.41) is 3.07. The number of aromatic nitrogens is 2. The Labute approximate surface area is 86.1 Å². The third-order valence-electron chi connectivity index (χ3n) is 2.80.